The lowest BCUT2D eigenvalue weighted by molar-refractivity contribution is 0.157. The number of rotatable bonds is 2. The van der Waals surface area contributed by atoms with Crippen molar-refractivity contribution in [2.45, 2.75) is 43.7 Å². The summed E-state index contributed by atoms with van der Waals surface area (Å²) in [6.07, 6.45) is 4.81. The smallest absolute Gasteiger partial charge is 0.258 e. The summed E-state index contributed by atoms with van der Waals surface area (Å²) in [6, 6.07) is 12.6. The number of nitrogens with zero attached hydrogens (tertiary/aromatic N) is 3. The highest BCUT2D eigenvalue weighted by atomic mass is 16.5. The molecule has 2 bridgehead atoms. The van der Waals surface area contributed by atoms with Crippen LogP contribution < -0.4 is 0 Å². The molecule has 2 aliphatic heterocycles. The van der Waals surface area contributed by atoms with E-state index >= 15 is 0 Å². The first-order valence-corrected chi connectivity index (χ1v) is 8.96. The predicted molar refractivity (Wildman–Crippen MR) is 95.5 cm³/mol. The van der Waals surface area contributed by atoms with E-state index in [4.69, 9.17) is 9.51 Å². The highest BCUT2D eigenvalue weighted by Gasteiger charge is 2.40. The Morgan fingerprint density at radius 3 is 2.72 bits per heavy atom. The minimum Gasteiger partial charge on any atom is -0.508 e. The summed E-state index contributed by atoms with van der Waals surface area (Å²) in [6.45, 7) is 0. The van der Waals surface area contributed by atoms with Crippen LogP contribution in [0.2, 0.25) is 0 Å². The van der Waals surface area contributed by atoms with Crippen molar-refractivity contribution in [3.8, 4) is 17.2 Å². The molecule has 0 amide bonds. The van der Waals surface area contributed by atoms with Crippen molar-refractivity contribution >= 4 is 10.8 Å². The van der Waals surface area contributed by atoms with Crippen LogP contribution in [0.15, 0.2) is 40.9 Å². The van der Waals surface area contributed by atoms with Crippen LogP contribution in [0.25, 0.3) is 22.2 Å². The van der Waals surface area contributed by atoms with Crippen LogP contribution in [-0.2, 0) is 0 Å². The maximum atomic E-state index is 9.69. The van der Waals surface area contributed by atoms with Gasteiger partial charge in [-0.15, -0.1) is 0 Å². The highest BCUT2D eigenvalue weighted by Crippen LogP contribution is 2.41. The predicted octanol–water partition coefficient (Wildman–Crippen LogP) is 3.94. The van der Waals surface area contributed by atoms with Gasteiger partial charge in [0.1, 0.15) is 5.75 Å². The molecule has 0 aliphatic carbocycles. The summed E-state index contributed by atoms with van der Waals surface area (Å²) in [7, 11) is 2.24. The third-order valence-corrected chi connectivity index (χ3v) is 6.00. The Balaban J connectivity index is 1.49. The molecule has 2 saturated heterocycles. The van der Waals surface area contributed by atoms with E-state index < -0.39 is 0 Å². The minimum atomic E-state index is 0.262. The van der Waals surface area contributed by atoms with Crippen LogP contribution in [0.1, 0.15) is 37.4 Å². The molecule has 2 aromatic carbocycles. The fourth-order valence-corrected chi connectivity index (χ4v) is 4.59. The van der Waals surface area contributed by atoms with Crippen LogP contribution in [0.5, 0.6) is 5.75 Å². The van der Waals surface area contributed by atoms with Crippen molar-refractivity contribution in [3.63, 3.8) is 0 Å². The zero-order valence-corrected chi connectivity index (χ0v) is 14.2. The van der Waals surface area contributed by atoms with Gasteiger partial charge in [0, 0.05) is 23.6 Å². The molecule has 25 heavy (non-hydrogen) atoms. The van der Waals surface area contributed by atoms with Gasteiger partial charge in [0.25, 0.3) is 5.89 Å². The maximum absolute atomic E-state index is 9.69. The number of benzene rings is 2. The van der Waals surface area contributed by atoms with E-state index in [1.54, 1.807) is 12.1 Å². The molecule has 0 radical (unpaired) electrons. The number of hydrogen-bond donors (Lipinski definition) is 1. The van der Waals surface area contributed by atoms with Crippen molar-refractivity contribution in [2.75, 3.05) is 7.05 Å². The molecule has 2 aliphatic rings. The Kier molecular flexibility index (Phi) is 3.31. The molecule has 5 rings (SSSR count). The maximum Gasteiger partial charge on any atom is 0.258 e. The van der Waals surface area contributed by atoms with Gasteiger partial charge in [-0.1, -0.05) is 17.3 Å². The molecule has 2 atom stereocenters. The molecular formula is C20H21N3O2. The molecule has 1 N–H and O–H groups in total. The van der Waals surface area contributed by atoms with E-state index in [0.29, 0.717) is 23.9 Å². The number of fused-ring (bicyclic) bond motifs is 3. The Labute approximate surface area is 146 Å². The first kappa shape index (κ1) is 14.9. The van der Waals surface area contributed by atoms with Gasteiger partial charge in [-0.05, 0) is 67.8 Å². The average molecular weight is 335 g/mol. The minimum absolute atomic E-state index is 0.262. The van der Waals surface area contributed by atoms with E-state index in [1.165, 1.54) is 12.8 Å². The quantitative estimate of drug-likeness (QED) is 0.769. The number of aromatic nitrogens is 2. The lowest BCUT2D eigenvalue weighted by atomic mass is 9.90. The molecule has 2 unspecified atom stereocenters. The fraction of sp³-hybridized carbons (Fsp3) is 0.400. The van der Waals surface area contributed by atoms with Crippen LogP contribution in [0.3, 0.4) is 0 Å². The third-order valence-electron chi connectivity index (χ3n) is 6.00. The first-order valence-electron chi connectivity index (χ1n) is 8.96. The number of phenolic OH excluding ortho intramolecular Hbond substituents is 1. The molecule has 5 nitrogen and oxygen atoms in total. The zero-order chi connectivity index (χ0) is 17.0. The Hall–Kier alpha value is -2.40. The van der Waals surface area contributed by atoms with Crippen LogP contribution in [-0.4, -0.2) is 39.3 Å². The van der Waals surface area contributed by atoms with Gasteiger partial charge in [-0.3, -0.25) is 0 Å². The van der Waals surface area contributed by atoms with Crippen LogP contribution >= 0.6 is 0 Å². The van der Waals surface area contributed by atoms with Gasteiger partial charge in [0.2, 0.25) is 0 Å². The second kappa shape index (κ2) is 5.56. The van der Waals surface area contributed by atoms with Crippen LogP contribution in [0.4, 0.5) is 0 Å². The fourth-order valence-electron chi connectivity index (χ4n) is 4.59. The molecule has 0 spiro atoms. The van der Waals surface area contributed by atoms with E-state index in [9.17, 15) is 5.11 Å². The van der Waals surface area contributed by atoms with Gasteiger partial charge in [0.15, 0.2) is 5.82 Å². The van der Waals surface area contributed by atoms with Crippen molar-refractivity contribution in [2.24, 2.45) is 0 Å². The summed E-state index contributed by atoms with van der Waals surface area (Å²) in [4.78, 5) is 7.26. The first-order chi connectivity index (χ1) is 12.2. The van der Waals surface area contributed by atoms with Crippen molar-refractivity contribution in [3.05, 3.63) is 42.2 Å². The second-order valence-electron chi connectivity index (χ2n) is 7.39. The topological polar surface area (TPSA) is 62.4 Å². The molecule has 128 valence electrons. The lowest BCUT2D eigenvalue weighted by Crippen LogP contribution is -2.39. The second-order valence-corrected chi connectivity index (χ2v) is 7.39. The zero-order valence-electron chi connectivity index (χ0n) is 14.2. The monoisotopic (exact) mass is 335 g/mol. The van der Waals surface area contributed by atoms with E-state index in [2.05, 4.69) is 17.1 Å². The van der Waals surface area contributed by atoms with Gasteiger partial charge < -0.3 is 14.5 Å². The molecule has 0 saturated carbocycles. The van der Waals surface area contributed by atoms with Gasteiger partial charge in [0.05, 0.1) is 0 Å². The molecular weight excluding hydrogens is 314 g/mol. The van der Waals surface area contributed by atoms with E-state index in [1.807, 2.05) is 24.3 Å². The SMILES string of the molecule is CN1C2CCC1CC(c1noc(-c3cccc4cc(O)ccc34)n1)C2. The number of aromatic hydroxyl groups is 1. The summed E-state index contributed by atoms with van der Waals surface area (Å²) in [5.74, 6) is 2.07. The summed E-state index contributed by atoms with van der Waals surface area (Å²) >= 11 is 0. The highest BCUT2D eigenvalue weighted by molar-refractivity contribution is 5.95. The van der Waals surface area contributed by atoms with Gasteiger partial charge in [-0.2, -0.15) is 4.98 Å². The Bertz CT molecular complexity index is 922. The number of phenols is 1. The normalized spacial score (nSPS) is 26.4. The van der Waals surface area contributed by atoms with E-state index in [-0.39, 0.29) is 5.75 Å². The average Bonchev–Trinajstić information content (AvgIpc) is 3.16. The molecule has 3 aromatic rings. The molecule has 2 fully saturated rings. The molecule has 3 heterocycles. The van der Waals surface area contributed by atoms with Crippen molar-refractivity contribution in [1.82, 2.24) is 15.0 Å². The standard InChI is InChI=1S/C20H21N3O2/c1-23-14-5-6-15(23)10-13(9-14)19-21-20(25-22-19)18-4-2-3-12-11-16(24)7-8-17(12)18/h2-4,7-8,11,13-15,24H,5-6,9-10H2,1H3. The lowest BCUT2D eigenvalue weighted by Gasteiger charge is -2.34. The summed E-state index contributed by atoms with van der Waals surface area (Å²) < 4.78 is 5.62. The van der Waals surface area contributed by atoms with E-state index in [0.717, 1.165) is 35.0 Å². The summed E-state index contributed by atoms with van der Waals surface area (Å²) in [5.41, 5.74) is 0.923. The van der Waals surface area contributed by atoms with Crippen molar-refractivity contribution in [1.29, 1.82) is 0 Å². The van der Waals surface area contributed by atoms with Crippen LogP contribution in [0, 0.1) is 0 Å². The summed E-state index contributed by atoms with van der Waals surface area (Å²) in [5, 5.41) is 16.0. The third kappa shape index (κ3) is 2.42. The van der Waals surface area contributed by atoms with Gasteiger partial charge >= 0.3 is 0 Å². The van der Waals surface area contributed by atoms with Gasteiger partial charge in [-0.25, -0.2) is 0 Å². The Morgan fingerprint density at radius 1 is 1.12 bits per heavy atom. The largest absolute Gasteiger partial charge is 0.508 e. The number of hydrogen-bond acceptors (Lipinski definition) is 5. The number of piperidine rings is 1. The molecule has 5 heteroatoms. The molecule has 1 aromatic heterocycles. The van der Waals surface area contributed by atoms with Crippen molar-refractivity contribution < 1.29 is 9.63 Å². The Morgan fingerprint density at radius 2 is 1.92 bits per heavy atom.